The first-order valence-electron chi connectivity index (χ1n) is 6.75. The number of methoxy groups -OCH3 is 2. The van der Waals surface area contributed by atoms with Crippen molar-refractivity contribution in [3.05, 3.63) is 35.9 Å². The predicted octanol–water partition coefficient (Wildman–Crippen LogP) is 0.678. The molecule has 0 saturated heterocycles. The van der Waals surface area contributed by atoms with Crippen LogP contribution < -0.4 is 5.73 Å². The molecule has 0 spiro atoms. The zero-order valence-electron chi connectivity index (χ0n) is 12.2. The van der Waals surface area contributed by atoms with E-state index in [0.717, 1.165) is 6.42 Å². The fraction of sp³-hybridized carbons (Fsp3) is 0.533. The molecular formula is C15H24N2O3. The van der Waals surface area contributed by atoms with Gasteiger partial charge in [0.1, 0.15) is 6.04 Å². The highest BCUT2D eigenvalue weighted by atomic mass is 16.5. The van der Waals surface area contributed by atoms with Crippen LogP contribution in [0.1, 0.15) is 5.56 Å². The molecule has 1 rings (SSSR count). The molecule has 0 aliphatic rings. The summed E-state index contributed by atoms with van der Waals surface area (Å²) < 4.78 is 9.99. The largest absolute Gasteiger partial charge is 0.383 e. The molecule has 1 aromatic rings. The van der Waals surface area contributed by atoms with Crippen LogP contribution >= 0.6 is 0 Å². The summed E-state index contributed by atoms with van der Waals surface area (Å²) in [6.45, 7) is 1.90. The molecule has 0 bridgehead atoms. The van der Waals surface area contributed by atoms with E-state index >= 15 is 0 Å². The molecule has 0 aromatic heterocycles. The number of hydrogen-bond donors (Lipinski definition) is 1. The van der Waals surface area contributed by atoms with E-state index in [1.165, 1.54) is 12.7 Å². The highest BCUT2D eigenvalue weighted by Crippen LogP contribution is 2.03. The lowest BCUT2D eigenvalue weighted by atomic mass is 10.1. The maximum absolute atomic E-state index is 12.2. The van der Waals surface area contributed by atoms with Crippen LogP contribution in [0.25, 0.3) is 0 Å². The second-order valence-corrected chi connectivity index (χ2v) is 4.62. The molecule has 1 atom stereocenters. The van der Waals surface area contributed by atoms with Crippen LogP contribution in [0.4, 0.5) is 0 Å². The molecule has 0 aliphatic heterocycles. The van der Waals surface area contributed by atoms with Gasteiger partial charge in [0, 0.05) is 27.3 Å². The fourth-order valence-electron chi connectivity index (χ4n) is 1.93. The van der Waals surface area contributed by atoms with Crippen LogP contribution in [-0.2, 0) is 20.7 Å². The molecule has 0 radical (unpaired) electrons. The van der Waals surface area contributed by atoms with Crippen LogP contribution in [0, 0.1) is 0 Å². The standard InChI is InChI=1S/C15H24N2O3/c1-19-11-10-17(15(18)14(16)12-20-2)9-8-13-6-4-3-5-7-13/h3-7,14H,8-12,16H2,1-2H3. The van der Waals surface area contributed by atoms with Crippen molar-refractivity contribution < 1.29 is 14.3 Å². The Morgan fingerprint density at radius 2 is 1.90 bits per heavy atom. The Morgan fingerprint density at radius 1 is 1.20 bits per heavy atom. The van der Waals surface area contributed by atoms with Crippen LogP contribution in [0.3, 0.4) is 0 Å². The second-order valence-electron chi connectivity index (χ2n) is 4.62. The third-order valence-corrected chi connectivity index (χ3v) is 3.05. The first kappa shape index (κ1) is 16.6. The molecule has 2 N–H and O–H groups in total. The first-order chi connectivity index (χ1) is 9.69. The number of hydrogen-bond acceptors (Lipinski definition) is 4. The van der Waals surface area contributed by atoms with Gasteiger partial charge in [-0.25, -0.2) is 0 Å². The fourth-order valence-corrected chi connectivity index (χ4v) is 1.93. The van der Waals surface area contributed by atoms with Gasteiger partial charge in [0.05, 0.1) is 13.2 Å². The van der Waals surface area contributed by atoms with Crippen LogP contribution in [0.5, 0.6) is 0 Å². The Balaban J connectivity index is 2.57. The third-order valence-electron chi connectivity index (χ3n) is 3.05. The van der Waals surface area contributed by atoms with E-state index in [0.29, 0.717) is 19.7 Å². The number of nitrogens with zero attached hydrogens (tertiary/aromatic N) is 1. The number of nitrogens with two attached hydrogens (primary N) is 1. The van der Waals surface area contributed by atoms with E-state index in [1.54, 1.807) is 12.0 Å². The molecule has 1 amide bonds. The normalized spacial score (nSPS) is 12.2. The van der Waals surface area contributed by atoms with E-state index in [4.69, 9.17) is 15.2 Å². The molecule has 112 valence electrons. The predicted molar refractivity (Wildman–Crippen MR) is 78.5 cm³/mol. The molecule has 20 heavy (non-hydrogen) atoms. The summed E-state index contributed by atoms with van der Waals surface area (Å²) in [4.78, 5) is 14.0. The van der Waals surface area contributed by atoms with Crippen LogP contribution in [0.15, 0.2) is 30.3 Å². The topological polar surface area (TPSA) is 64.8 Å². The van der Waals surface area contributed by atoms with Gasteiger partial charge in [-0.2, -0.15) is 0 Å². The van der Waals surface area contributed by atoms with Crippen molar-refractivity contribution in [2.75, 3.05) is 40.5 Å². The lowest BCUT2D eigenvalue weighted by Crippen LogP contribution is -2.47. The van der Waals surface area contributed by atoms with E-state index in [1.807, 2.05) is 30.3 Å². The average molecular weight is 280 g/mol. The Bertz CT molecular complexity index is 384. The number of carbonyl (C=O) groups is 1. The Morgan fingerprint density at radius 3 is 2.50 bits per heavy atom. The van der Waals surface area contributed by atoms with Gasteiger partial charge in [0.25, 0.3) is 0 Å². The molecule has 1 aromatic carbocycles. The van der Waals surface area contributed by atoms with Crippen molar-refractivity contribution >= 4 is 5.91 Å². The average Bonchev–Trinajstić information content (AvgIpc) is 2.48. The minimum atomic E-state index is -0.618. The van der Waals surface area contributed by atoms with Crippen molar-refractivity contribution in [1.82, 2.24) is 4.90 Å². The van der Waals surface area contributed by atoms with Crippen molar-refractivity contribution in [2.24, 2.45) is 5.73 Å². The molecule has 0 aliphatic carbocycles. The molecule has 5 nitrogen and oxygen atoms in total. The Hall–Kier alpha value is -1.43. The minimum absolute atomic E-state index is 0.0974. The summed E-state index contributed by atoms with van der Waals surface area (Å²) in [5.74, 6) is -0.0974. The zero-order chi connectivity index (χ0) is 14.8. The van der Waals surface area contributed by atoms with E-state index < -0.39 is 6.04 Å². The summed E-state index contributed by atoms with van der Waals surface area (Å²) in [7, 11) is 3.16. The number of amides is 1. The van der Waals surface area contributed by atoms with E-state index in [9.17, 15) is 4.79 Å². The van der Waals surface area contributed by atoms with Gasteiger partial charge < -0.3 is 20.1 Å². The number of rotatable bonds is 9. The van der Waals surface area contributed by atoms with E-state index in [2.05, 4.69) is 0 Å². The molecule has 0 saturated carbocycles. The summed E-state index contributed by atoms with van der Waals surface area (Å²) >= 11 is 0. The zero-order valence-corrected chi connectivity index (χ0v) is 12.2. The monoisotopic (exact) mass is 280 g/mol. The quantitative estimate of drug-likeness (QED) is 0.722. The summed E-state index contributed by atoms with van der Waals surface area (Å²) in [6.07, 6.45) is 0.802. The SMILES string of the molecule is COCCN(CCc1ccccc1)C(=O)C(N)COC. The molecular weight excluding hydrogens is 256 g/mol. The van der Waals surface area contributed by atoms with Crippen molar-refractivity contribution in [3.8, 4) is 0 Å². The second kappa shape index (κ2) is 9.47. The van der Waals surface area contributed by atoms with Crippen LogP contribution in [-0.4, -0.2) is 57.4 Å². The molecule has 0 fully saturated rings. The van der Waals surface area contributed by atoms with Gasteiger partial charge in [-0.05, 0) is 12.0 Å². The van der Waals surface area contributed by atoms with Gasteiger partial charge in [-0.15, -0.1) is 0 Å². The van der Waals surface area contributed by atoms with E-state index in [-0.39, 0.29) is 12.5 Å². The Kier molecular flexibility index (Phi) is 7.87. The first-order valence-corrected chi connectivity index (χ1v) is 6.75. The summed E-state index contributed by atoms with van der Waals surface area (Å²) in [5, 5.41) is 0. The van der Waals surface area contributed by atoms with Crippen molar-refractivity contribution in [1.29, 1.82) is 0 Å². The lowest BCUT2D eigenvalue weighted by Gasteiger charge is -2.25. The van der Waals surface area contributed by atoms with Crippen molar-refractivity contribution in [2.45, 2.75) is 12.5 Å². The molecule has 0 heterocycles. The highest BCUT2D eigenvalue weighted by molar-refractivity contribution is 5.81. The number of ether oxygens (including phenoxy) is 2. The summed E-state index contributed by atoms with van der Waals surface area (Å²) in [6, 6.07) is 9.45. The molecule has 5 heteroatoms. The van der Waals surface area contributed by atoms with Gasteiger partial charge in [-0.3, -0.25) is 4.79 Å². The van der Waals surface area contributed by atoms with Crippen molar-refractivity contribution in [3.63, 3.8) is 0 Å². The van der Waals surface area contributed by atoms with Gasteiger partial charge in [0.15, 0.2) is 0 Å². The maximum atomic E-state index is 12.2. The lowest BCUT2D eigenvalue weighted by molar-refractivity contribution is -0.134. The minimum Gasteiger partial charge on any atom is -0.383 e. The maximum Gasteiger partial charge on any atom is 0.241 e. The molecule has 1 unspecified atom stereocenters. The third kappa shape index (κ3) is 5.69. The Labute approximate surface area is 120 Å². The van der Waals surface area contributed by atoms with Crippen LogP contribution in [0.2, 0.25) is 0 Å². The number of benzene rings is 1. The van der Waals surface area contributed by atoms with Gasteiger partial charge in [0.2, 0.25) is 5.91 Å². The van der Waals surface area contributed by atoms with Gasteiger partial charge >= 0.3 is 0 Å². The smallest absolute Gasteiger partial charge is 0.241 e. The summed E-state index contributed by atoms with van der Waals surface area (Å²) in [5.41, 5.74) is 7.01. The van der Waals surface area contributed by atoms with Gasteiger partial charge in [-0.1, -0.05) is 30.3 Å². The highest BCUT2D eigenvalue weighted by Gasteiger charge is 2.20. The number of carbonyl (C=O) groups excluding carboxylic acids is 1.